The van der Waals surface area contributed by atoms with Gasteiger partial charge in [-0.05, 0) is 24.6 Å². The molecule has 0 radical (unpaired) electrons. The van der Waals surface area contributed by atoms with E-state index in [1.807, 2.05) is 0 Å². The number of ether oxygens (including phenoxy) is 1. The van der Waals surface area contributed by atoms with Crippen molar-refractivity contribution in [1.82, 2.24) is 14.8 Å². The molecule has 0 aliphatic carbocycles. The molecule has 0 saturated heterocycles. The van der Waals surface area contributed by atoms with Gasteiger partial charge >= 0.3 is 6.18 Å². The van der Waals surface area contributed by atoms with Gasteiger partial charge < -0.3 is 10.5 Å². The fourth-order valence-corrected chi connectivity index (χ4v) is 2.86. The van der Waals surface area contributed by atoms with E-state index in [0.717, 1.165) is 24.3 Å². The van der Waals surface area contributed by atoms with Crippen LogP contribution in [0.25, 0.3) is 5.69 Å². The van der Waals surface area contributed by atoms with Gasteiger partial charge in [0.05, 0.1) is 17.8 Å². The quantitative estimate of drug-likeness (QED) is 0.588. The summed E-state index contributed by atoms with van der Waals surface area (Å²) < 4.78 is 45.2. The lowest BCUT2D eigenvalue weighted by molar-refractivity contribution is -0.137. The molecule has 0 atom stereocenters. The van der Waals surface area contributed by atoms with Crippen molar-refractivity contribution in [2.75, 3.05) is 19.5 Å². The topological polar surface area (TPSA) is 66.0 Å². The zero-order chi connectivity index (χ0) is 16.9. The van der Waals surface area contributed by atoms with Gasteiger partial charge in [0.25, 0.3) is 0 Å². The molecule has 2 aromatic rings. The predicted molar refractivity (Wildman–Crippen MR) is 88.7 cm³/mol. The molecule has 2 rings (SSSR count). The maximum atomic E-state index is 12.9. The first-order valence-corrected chi connectivity index (χ1v) is 7.89. The maximum Gasteiger partial charge on any atom is 0.416 e. The number of hydrogen-bond acceptors (Lipinski definition) is 5. The third kappa shape index (κ3) is 5.10. The third-order valence-electron chi connectivity index (χ3n) is 3.04. The standard InChI is InChI=1S/C14H17F3N4OS.ClH/c1-22-6-3-7-23-13-20-19-12(9-18)21(13)11-5-2-4-10(8-11)14(15,16)17;/h2,4-5,8H,3,6-7,9,18H2,1H3;1H. The van der Waals surface area contributed by atoms with Crippen LogP contribution in [0.15, 0.2) is 29.4 Å². The normalized spacial score (nSPS) is 11.4. The van der Waals surface area contributed by atoms with Crippen molar-refractivity contribution in [3.05, 3.63) is 35.7 Å². The molecule has 2 N–H and O–H groups in total. The molecule has 1 aromatic heterocycles. The van der Waals surface area contributed by atoms with Crippen molar-refractivity contribution in [1.29, 1.82) is 0 Å². The van der Waals surface area contributed by atoms with Crippen molar-refractivity contribution in [2.24, 2.45) is 5.73 Å². The minimum absolute atomic E-state index is 0. The van der Waals surface area contributed by atoms with Crippen LogP contribution in [0.3, 0.4) is 0 Å². The summed E-state index contributed by atoms with van der Waals surface area (Å²) in [4.78, 5) is 0. The summed E-state index contributed by atoms with van der Waals surface area (Å²) >= 11 is 1.40. The second-order valence-electron chi connectivity index (χ2n) is 4.68. The number of aromatic nitrogens is 3. The minimum Gasteiger partial charge on any atom is -0.385 e. The number of halogens is 4. The molecular weight excluding hydrogens is 365 g/mol. The van der Waals surface area contributed by atoms with E-state index in [9.17, 15) is 13.2 Å². The van der Waals surface area contributed by atoms with Crippen LogP contribution in [0, 0.1) is 0 Å². The molecule has 0 unspecified atom stereocenters. The van der Waals surface area contributed by atoms with E-state index in [1.54, 1.807) is 17.7 Å². The van der Waals surface area contributed by atoms with E-state index in [1.165, 1.54) is 17.8 Å². The van der Waals surface area contributed by atoms with Gasteiger partial charge in [0.1, 0.15) is 0 Å². The lowest BCUT2D eigenvalue weighted by Gasteiger charge is -2.12. The second-order valence-corrected chi connectivity index (χ2v) is 5.74. The number of nitrogens with zero attached hydrogens (tertiary/aromatic N) is 3. The van der Waals surface area contributed by atoms with Crippen LogP contribution in [0.4, 0.5) is 13.2 Å². The molecule has 5 nitrogen and oxygen atoms in total. The van der Waals surface area contributed by atoms with Crippen LogP contribution in [0.5, 0.6) is 0 Å². The molecule has 0 bridgehead atoms. The van der Waals surface area contributed by atoms with E-state index in [-0.39, 0.29) is 19.0 Å². The SMILES string of the molecule is COCCCSc1nnc(CN)n1-c1cccc(C(F)(F)F)c1.Cl. The largest absolute Gasteiger partial charge is 0.416 e. The molecule has 0 saturated carbocycles. The Bertz CT molecular complexity index is 651. The molecule has 1 aromatic carbocycles. The smallest absolute Gasteiger partial charge is 0.385 e. The summed E-state index contributed by atoms with van der Waals surface area (Å²) in [5.41, 5.74) is 5.25. The highest BCUT2D eigenvalue weighted by Crippen LogP contribution is 2.31. The Labute approximate surface area is 148 Å². The second kappa shape index (κ2) is 9.26. The minimum atomic E-state index is -4.40. The fraction of sp³-hybridized carbons (Fsp3) is 0.429. The lowest BCUT2D eigenvalue weighted by Crippen LogP contribution is -2.10. The van der Waals surface area contributed by atoms with Crippen LogP contribution in [0.1, 0.15) is 17.8 Å². The van der Waals surface area contributed by atoms with E-state index in [2.05, 4.69) is 10.2 Å². The third-order valence-corrected chi connectivity index (χ3v) is 4.05. The Hall–Kier alpha value is -1.29. The van der Waals surface area contributed by atoms with Crippen LogP contribution in [-0.2, 0) is 17.5 Å². The fourth-order valence-electron chi connectivity index (χ4n) is 1.97. The van der Waals surface area contributed by atoms with Gasteiger partial charge in [-0.3, -0.25) is 4.57 Å². The molecule has 10 heteroatoms. The number of hydrogen-bond donors (Lipinski definition) is 1. The van der Waals surface area contributed by atoms with Crippen LogP contribution < -0.4 is 5.73 Å². The van der Waals surface area contributed by atoms with Crippen molar-refractivity contribution in [3.63, 3.8) is 0 Å². The van der Waals surface area contributed by atoms with Crippen LogP contribution in [-0.4, -0.2) is 34.2 Å². The maximum absolute atomic E-state index is 12.9. The molecule has 0 aliphatic heterocycles. The monoisotopic (exact) mass is 382 g/mol. The first-order chi connectivity index (χ1) is 11.0. The highest BCUT2D eigenvalue weighted by atomic mass is 35.5. The average molecular weight is 383 g/mol. The Morgan fingerprint density at radius 1 is 1.29 bits per heavy atom. The van der Waals surface area contributed by atoms with Gasteiger partial charge in [-0.1, -0.05) is 17.8 Å². The van der Waals surface area contributed by atoms with Gasteiger partial charge in [-0.15, -0.1) is 22.6 Å². The van der Waals surface area contributed by atoms with Gasteiger partial charge in [-0.2, -0.15) is 13.2 Å². The summed E-state index contributed by atoms with van der Waals surface area (Å²) in [5.74, 6) is 1.13. The van der Waals surface area contributed by atoms with E-state index in [0.29, 0.717) is 23.3 Å². The summed E-state index contributed by atoms with van der Waals surface area (Å²) in [7, 11) is 1.61. The number of methoxy groups -OCH3 is 1. The molecular formula is C14H18ClF3N4OS. The first kappa shape index (κ1) is 20.8. The molecule has 0 fully saturated rings. The van der Waals surface area contributed by atoms with Crippen molar-refractivity contribution < 1.29 is 17.9 Å². The van der Waals surface area contributed by atoms with Crippen molar-refractivity contribution in [3.8, 4) is 5.69 Å². The number of rotatable bonds is 7. The highest BCUT2D eigenvalue weighted by molar-refractivity contribution is 7.99. The average Bonchev–Trinajstić information content (AvgIpc) is 2.94. The van der Waals surface area contributed by atoms with E-state index in [4.69, 9.17) is 10.5 Å². The molecule has 0 amide bonds. The van der Waals surface area contributed by atoms with Gasteiger partial charge in [0.15, 0.2) is 11.0 Å². The Balaban J connectivity index is 0.00000288. The highest BCUT2D eigenvalue weighted by Gasteiger charge is 2.30. The molecule has 0 spiro atoms. The molecule has 0 aliphatic rings. The van der Waals surface area contributed by atoms with Gasteiger partial charge in [0.2, 0.25) is 0 Å². The Morgan fingerprint density at radius 2 is 2.04 bits per heavy atom. The zero-order valence-electron chi connectivity index (χ0n) is 12.9. The van der Waals surface area contributed by atoms with Crippen molar-refractivity contribution in [2.45, 2.75) is 24.3 Å². The summed E-state index contributed by atoms with van der Waals surface area (Å²) in [5, 5.41) is 8.50. The predicted octanol–water partition coefficient (Wildman–Crippen LogP) is 3.30. The van der Waals surface area contributed by atoms with Gasteiger partial charge in [-0.25, -0.2) is 0 Å². The van der Waals surface area contributed by atoms with Crippen LogP contribution in [0.2, 0.25) is 0 Å². The molecule has 134 valence electrons. The Kier molecular flexibility index (Phi) is 8.01. The van der Waals surface area contributed by atoms with Gasteiger partial charge in [0, 0.05) is 19.5 Å². The summed E-state index contributed by atoms with van der Waals surface area (Å²) in [6.07, 6.45) is -3.60. The van der Waals surface area contributed by atoms with Crippen molar-refractivity contribution >= 4 is 24.2 Å². The Morgan fingerprint density at radius 3 is 2.67 bits per heavy atom. The summed E-state index contributed by atoms with van der Waals surface area (Å²) in [6.45, 7) is 0.691. The number of benzene rings is 1. The lowest BCUT2D eigenvalue weighted by atomic mass is 10.2. The molecule has 24 heavy (non-hydrogen) atoms. The van der Waals surface area contributed by atoms with E-state index >= 15 is 0 Å². The summed E-state index contributed by atoms with van der Waals surface area (Å²) in [6, 6.07) is 5.04. The van der Waals surface area contributed by atoms with Crippen LogP contribution >= 0.6 is 24.2 Å². The first-order valence-electron chi connectivity index (χ1n) is 6.91. The number of thioether (sulfide) groups is 1. The number of nitrogens with two attached hydrogens (primary N) is 1. The number of alkyl halides is 3. The molecule has 1 heterocycles. The zero-order valence-corrected chi connectivity index (χ0v) is 14.5. The van der Waals surface area contributed by atoms with E-state index < -0.39 is 11.7 Å².